The lowest BCUT2D eigenvalue weighted by atomic mass is 9.86. The fourth-order valence-electron chi connectivity index (χ4n) is 3.14. The molecule has 1 heterocycles. The quantitative estimate of drug-likeness (QED) is 0.685. The summed E-state index contributed by atoms with van der Waals surface area (Å²) >= 11 is 0. The van der Waals surface area contributed by atoms with Crippen LogP contribution in [0.4, 0.5) is 0 Å². The average Bonchev–Trinajstić information content (AvgIpc) is 2.97. The van der Waals surface area contributed by atoms with Crippen molar-refractivity contribution in [1.29, 1.82) is 5.26 Å². The Kier molecular flexibility index (Phi) is 5.00. The lowest BCUT2D eigenvalue weighted by Gasteiger charge is -2.22. The van der Waals surface area contributed by atoms with Gasteiger partial charge in [0.25, 0.3) is 0 Å². The Bertz CT molecular complexity index is 1020. The number of para-hydroxylation sites is 3. The third kappa shape index (κ3) is 3.70. The van der Waals surface area contributed by atoms with Crippen LogP contribution in [-0.2, 0) is 17.3 Å². The van der Waals surface area contributed by atoms with Crippen LogP contribution in [0.2, 0.25) is 0 Å². The van der Waals surface area contributed by atoms with Gasteiger partial charge in [0.05, 0.1) is 17.1 Å². The number of ether oxygens (including phenoxy) is 1. The summed E-state index contributed by atoms with van der Waals surface area (Å²) < 4.78 is 7.60. The summed E-state index contributed by atoms with van der Waals surface area (Å²) in [6.45, 7) is 6.10. The van der Waals surface area contributed by atoms with Crippen LogP contribution in [0.25, 0.3) is 11.0 Å². The first-order valence-electron chi connectivity index (χ1n) is 8.89. The van der Waals surface area contributed by atoms with Gasteiger partial charge < -0.3 is 9.30 Å². The predicted molar refractivity (Wildman–Crippen MR) is 105 cm³/mol. The number of aromatic nitrogens is 2. The zero-order chi connectivity index (χ0) is 19.6. The van der Waals surface area contributed by atoms with Crippen molar-refractivity contribution in [2.75, 3.05) is 6.61 Å². The van der Waals surface area contributed by atoms with Crippen molar-refractivity contribution < 1.29 is 9.53 Å². The van der Waals surface area contributed by atoms with E-state index in [9.17, 15) is 10.1 Å². The molecule has 27 heavy (non-hydrogen) atoms. The lowest BCUT2D eigenvalue weighted by Crippen LogP contribution is -2.22. The maximum Gasteiger partial charge on any atom is 0.194 e. The number of carbonyl (C=O) groups is 1. The SMILES string of the molecule is Cn1c(C(C#N)C(=O)COc2ccccc2C(C)(C)C)nc2ccccc21. The van der Waals surface area contributed by atoms with Gasteiger partial charge in [0.1, 0.15) is 18.2 Å². The fraction of sp³-hybridized carbons (Fsp3) is 0.318. The van der Waals surface area contributed by atoms with E-state index in [2.05, 4.69) is 31.8 Å². The molecule has 138 valence electrons. The highest BCUT2D eigenvalue weighted by atomic mass is 16.5. The van der Waals surface area contributed by atoms with Gasteiger partial charge in [-0.15, -0.1) is 0 Å². The van der Waals surface area contributed by atoms with Crippen LogP contribution in [0.3, 0.4) is 0 Å². The molecular weight excluding hydrogens is 338 g/mol. The standard InChI is InChI=1S/C22H23N3O2/c1-22(2,3)16-9-5-8-12-20(16)27-14-19(26)15(13-23)21-24-17-10-6-7-11-18(17)25(21)4/h5-12,15H,14H2,1-4H3. The Morgan fingerprint density at radius 2 is 1.85 bits per heavy atom. The number of benzene rings is 2. The number of imidazole rings is 1. The van der Waals surface area contributed by atoms with Gasteiger partial charge in [-0.3, -0.25) is 4.79 Å². The van der Waals surface area contributed by atoms with E-state index >= 15 is 0 Å². The summed E-state index contributed by atoms with van der Waals surface area (Å²) in [5, 5.41) is 9.60. The number of aryl methyl sites for hydroxylation is 1. The largest absolute Gasteiger partial charge is 0.485 e. The maximum atomic E-state index is 12.7. The molecule has 0 spiro atoms. The molecule has 0 aliphatic heterocycles. The summed E-state index contributed by atoms with van der Waals surface area (Å²) in [6, 6.07) is 17.3. The molecular formula is C22H23N3O2. The number of Topliss-reactive ketones (excluding diaryl/α,β-unsaturated/α-hetero) is 1. The molecule has 5 nitrogen and oxygen atoms in total. The molecule has 5 heteroatoms. The topological polar surface area (TPSA) is 67.9 Å². The second-order valence-electron chi connectivity index (χ2n) is 7.58. The molecule has 0 fully saturated rings. The van der Waals surface area contributed by atoms with Crippen molar-refractivity contribution in [2.24, 2.45) is 7.05 Å². The third-order valence-corrected chi connectivity index (χ3v) is 4.60. The molecule has 0 radical (unpaired) electrons. The monoisotopic (exact) mass is 361 g/mol. The zero-order valence-corrected chi connectivity index (χ0v) is 16.1. The fourth-order valence-corrected chi connectivity index (χ4v) is 3.14. The van der Waals surface area contributed by atoms with E-state index in [1.54, 1.807) is 4.57 Å². The van der Waals surface area contributed by atoms with Gasteiger partial charge in [-0.2, -0.15) is 5.26 Å². The first-order chi connectivity index (χ1) is 12.8. The number of ketones is 1. The number of fused-ring (bicyclic) bond motifs is 1. The number of nitrogens with zero attached hydrogens (tertiary/aromatic N) is 3. The minimum atomic E-state index is -0.968. The summed E-state index contributed by atoms with van der Waals surface area (Å²) in [7, 11) is 1.82. The summed E-state index contributed by atoms with van der Waals surface area (Å²) in [5.41, 5.74) is 2.57. The molecule has 0 aliphatic carbocycles. The second-order valence-corrected chi connectivity index (χ2v) is 7.58. The number of carbonyl (C=O) groups excluding carboxylic acids is 1. The van der Waals surface area contributed by atoms with Gasteiger partial charge in [0, 0.05) is 7.05 Å². The van der Waals surface area contributed by atoms with Crippen molar-refractivity contribution in [3.05, 3.63) is 59.9 Å². The van der Waals surface area contributed by atoms with Crippen LogP contribution in [0.1, 0.15) is 38.1 Å². The molecule has 3 aromatic rings. The average molecular weight is 361 g/mol. The molecule has 1 aromatic heterocycles. The van der Waals surface area contributed by atoms with E-state index in [4.69, 9.17) is 4.74 Å². The van der Waals surface area contributed by atoms with Crippen LogP contribution in [0.5, 0.6) is 5.75 Å². The van der Waals surface area contributed by atoms with Gasteiger partial charge in [-0.1, -0.05) is 51.1 Å². The van der Waals surface area contributed by atoms with Crippen molar-refractivity contribution in [1.82, 2.24) is 9.55 Å². The lowest BCUT2D eigenvalue weighted by molar-refractivity contribution is -0.121. The summed E-state index contributed by atoms with van der Waals surface area (Å²) in [6.07, 6.45) is 0. The van der Waals surface area contributed by atoms with Crippen molar-refractivity contribution in [3.63, 3.8) is 0 Å². The van der Waals surface area contributed by atoms with Gasteiger partial charge in [-0.05, 0) is 29.2 Å². The molecule has 3 rings (SSSR count). The second kappa shape index (κ2) is 7.24. The van der Waals surface area contributed by atoms with Crippen molar-refractivity contribution >= 4 is 16.8 Å². The van der Waals surface area contributed by atoms with Crippen LogP contribution < -0.4 is 4.74 Å². The predicted octanol–water partition coefficient (Wildman–Crippen LogP) is 4.13. The van der Waals surface area contributed by atoms with E-state index in [0.717, 1.165) is 16.6 Å². The van der Waals surface area contributed by atoms with Crippen LogP contribution >= 0.6 is 0 Å². The highest BCUT2D eigenvalue weighted by Crippen LogP contribution is 2.31. The number of rotatable bonds is 5. The van der Waals surface area contributed by atoms with Gasteiger partial charge >= 0.3 is 0 Å². The molecule has 1 unspecified atom stereocenters. The van der Waals surface area contributed by atoms with Gasteiger partial charge in [0.15, 0.2) is 11.7 Å². The van der Waals surface area contributed by atoms with Gasteiger partial charge in [0.2, 0.25) is 0 Å². The minimum absolute atomic E-state index is 0.105. The third-order valence-electron chi connectivity index (χ3n) is 4.60. The van der Waals surface area contributed by atoms with Crippen LogP contribution in [0, 0.1) is 11.3 Å². The first kappa shape index (κ1) is 18.7. The van der Waals surface area contributed by atoms with Crippen molar-refractivity contribution in [3.8, 4) is 11.8 Å². The highest BCUT2D eigenvalue weighted by molar-refractivity contribution is 5.90. The first-order valence-corrected chi connectivity index (χ1v) is 8.89. The normalized spacial score (nSPS) is 12.6. The summed E-state index contributed by atoms with van der Waals surface area (Å²) in [4.78, 5) is 17.2. The molecule has 0 N–H and O–H groups in total. The van der Waals surface area contributed by atoms with E-state index < -0.39 is 5.92 Å². The van der Waals surface area contributed by atoms with E-state index in [1.165, 1.54) is 0 Å². The van der Waals surface area contributed by atoms with E-state index in [1.807, 2.05) is 55.6 Å². The Labute approximate surface area is 159 Å². The summed E-state index contributed by atoms with van der Waals surface area (Å²) in [5.74, 6) is -0.166. The zero-order valence-electron chi connectivity index (χ0n) is 16.1. The van der Waals surface area contributed by atoms with Gasteiger partial charge in [-0.25, -0.2) is 4.98 Å². The molecule has 0 saturated heterocycles. The number of hydrogen-bond acceptors (Lipinski definition) is 4. The molecule has 0 amide bonds. The molecule has 2 aromatic carbocycles. The van der Waals surface area contributed by atoms with Crippen molar-refractivity contribution in [2.45, 2.75) is 32.1 Å². The molecule has 0 saturated carbocycles. The maximum absolute atomic E-state index is 12.7. The Morgan fingerprint density at radius 1 is 1.19 bits per heavy atom. The smallest absolute Gasteiger partial charge is 0.194 e. The number of hydrogen-bond donors (Lipinski definition) is 0. The molecule has 0 aliphatic rings. The Balaban J connectivity index is 1.83. The Hall–Kier alpha value is -3.13. The Morgan fingerprint density at radius 3 is 2.52 bits per heavy atom. The molecule has 1 atom stereocenters. The number of nitriles is 1. The highest BCUT2D eigenvalue weighted by Gasteiger charge is 2.27. The molecule has 0 bridgehead atoms. The minimum Gasteiger partial charge on any atom is -0.485 e. The van der Waals surface area contributed by atoms with E-state index in [-0.39, 0.29) is 17.8 Å². The van der Waals surface area contributed by atoms with E-state index in [0.29, 0.717) is 11.6 Å². The van der Waals surface area contributed by atoms with Crippen LogP contribution in [-0.4, -0.2) is 21.9 Å². The van der Waals surface area contributed by atoms with Crippen LogP contribution in [0.15, 0.2) is 48.5 Å².